The number of rotatable bonds is 4. The van der Waals surface area contributed by atoms with Gasteiger partial charge in [-0.25, -0.2) is 0 Å². The van der Waals surface area contributed by atoms with E-state index in [-0.39, 0.29) is 6.10 Å². The van der Waals surface area contributed by atoms with Crippen molar-refractivity contribution in [1.82, 2.24) is 4.90 Å². The van der Waals surface area contributed by atoms with Crippen LogP contribution < -0.4 is 0 Å². The third-order valence-electron chi connectivity index (χ3n) is 4.02. The summed E-state index contributed by atoms with van der Waals surface area (Å²) in [5.74, 6) is 0.734. The maximum absolute atomic E-state index is 9.41. The van der Waals surface area contributed by atoms with Crippen LogP contribution in [0.5, 0.6) is 0 Å². The first-order chi connectivity index (χ1) is 7.75. The number of aliphatic hydroxyl groups is 1. The Labute approximate surface area is 98.8 Å². The molecular weight excluding hydrogens is 202 g/mol. The van der Waals surface area contributed by atoms with Crippen molar-refractivity contribution in [3.8, 4) is 0 Å². The first kappa shape index (κ1) is 12.3. The second kappa shape index (κ2) is 5.99. The average molecular weight is 227 g/mol. The van der Waals surface area contributed by atoms with Crippen LogP contribution in [0.3, 0.4) is 0 Å². The van der Waals surface area contributed by atoms with Crippen molar-refractivity contribution >= 4 is 0 Å². The van der Waals surface area contributed by atoms with E-state index in [0.29, 0.717) is 6.10 Å². The number of nitrogens with zero attached hydrogens (tertiary/aromatic N) is 1. The summed E-state index contributed by atoms with van der Waals surface area (Å²) in [4.78, 5) is 2.30. The summed E-state index contributed by atoms with van der Waals surface area (Å²) in [6.45, 7) is 6.00. The maximum atomic E-state index is 9.41. The summed E-state index contributed by atoms with van der Waals surface area (Å²) in [6, 6.07) is 0. The number of hydrogen-bond acceptors (Lipinski definition) is 3. The summed E-state index contributed by atoms with van der Waals surface area (Å²) in [5, 5.41) is 9.41. The zero-order valence-corrected chi connectivity index (χ0v) is 10.4. The predicted molar refractivity (Wildman–Crippen MR) is 64.4 cm³/mol. The molecule has 0 aromatic heterocycles. The quantitative estimate of drug-likeness (QED) is 0.792. The number of aliphatic hydroxyl groups excluding tert-OH is 1. The monoisotopic (exact) mass is 227 g/mol. The molecular formula is C13H25NO2. The molecule has 1 aliphatic carbocycles. The van der Waals surface area contributed by atoms with Crippen LogP contribution in [0.2, 0.25) is 0 Å². The normalized spacial score (nSPS) is 36.8. The van der Waals surface area contributed by atoms with E-state index in [2.05, 4.69) is 11.8 Å². The molecule has 3 atom stereocenters. The van der Waals surface area contributed by atoms with Gasteiger partial charge in [-0.05, 0) is 25.2 Å². The van der Waals surface area contributed by atoms with Crippen molar-refractivity contribution in [3.63, 3.8) is 0 Å². The molecule has 1 saturated carbocycles. The Bertz CT molecular complexity index is 210. The van der Waals surface area contributed by atoms with Crippen LogP contribution in [0.25, 0.3) is 0 Å². The first-order valence-electron chi connectivity index (χ1n) is 6.77. The van der Waals surface area contributed by atoms with Crippen LogP contribution in [0.1, 0.15) is 39.0 Å². The third kappa shape index (κ3) is 3.44. The zero-order chi connectivity index (χ0) is 11.4. The van der Waals surface area contributed by atoms with Crippen molar-refractivity contribution < 1.29 is 9.84 Å². The van der Waals surface area contributed by atoms with Gasteiger partial charge in [0.2, 0.25) is 0 Å². The summed E-state index contributed by atoms with van der Waals surface area (Å²) in [5.41, 5.74) is 0. The lowest BCUT2D eigenvalue weighted by molar-refractivity contribution is -0.0127. The molecule has 3 nitrogen and oxygen atoms in total. The van der Waals surface area contributed by atoms with Crippen LogP contribution >= 0.6 is 0 Å². The molecule has 0 bridgehead atoms. The molecule has 1 heterocycles. The first-order valence-corrected chi connectivity index (χ1v) is 6.77. The van der Waals surface area contributed by atoms with Gasteiger partial charge in [0.15, 0.2) is 0 Å². The minimum Gasteiger partial charge on any atom is -0.392 e. The molecule has 1 N–H and O–H groups in total. The Hall–Kier alpha value is -0.120. The van der Waals surface area contributed by atoms with Gasteiger partial charge in [0, 0.05) is 19.6 Å². The molecule has 0 radical (unpaired) electrons. The van der Waals surface area contributed by atoms with E-state index >= 15 is 0 Å². The Morgan fingerprint density at radius 2 is 2.06 bits per heavy atom. The van der Waals surface area contributed by atoms with Crippen LogP contribution in [0, 0.1) is 5.92 Å². The smallest absolute Gasteiger partial charge is 0.0679 e. The van der Waals surface area contributed by atoms with Crippen molar-refractivity contribution in [1.29, 1.82) is 0 Å². The molecule has 94 valence electrons. The second-order valence-electron chi connectivity index (χ2n) is 5.41. The van der Waals surface area contributed by atoms with E-state index in [1.807, 2.05) is 0 Å². The fraction of sp³-hybridized carbons (Fsp3) is 1.00. The molecule has 0 spiro atoms. The highest BCUT2D eigenvalue weighted by Crippen LogP contribution is 2.26. The Morgan fingerprint density at radius 1 is 1.25 bits per heavy atom. The molecule has 2 fully saturated rings. The number of ether oxygens (including phenoxy) is 1. The number of β-amino-alcohol motifs (C(OH)–C–C–N with tert-alkyl or cyclic N) is 1. The highest BCUT2D eigenvalue weighted by molar-refractivity contribution is 4.75. The van der Waals surface area contributed by atoms with Gasteiger partial charge in [-0.1, -0.05) is 19.8 Å². The van der Waals surface area contributed by atoms with E-state index in [1.165, 1.54) is 25.7 Å². The average Bonchev–Trinajstić information content (AvgIpc) is 2.67. The van der Waals surface area contributed by atoms with Gasteiger partial charge in [-0.3, -0.25) is 4.90 Å². The summed E-state index contributed by atoms with van der Waals surface area (Å²) in [7, 11) is 0. The SMILES string of the molecule is CC1CCCCC1OCCN1CC[C@H](O)C1. The Kier molecular flexibility index (Phi) is 4.62. The Morgan fingerprint density at radius 3 is 2.75 bits per heavy atom. The third-order valence-corrected chi connectivity index (χ3v) is 4.02. The lowest BCUT2D eigenvalue weighted by Crippen LogP contribution is -2.31. The predicted octanol–water partition coefficient (Wildman–Crippen LogP) is 1.65. The lowest BCUT2D eigenvalue weighted by Gasteiger charge is -2.29. The second-order valence-corrected chi connectivity index (χ2v) is 5.41. The highest BCUT2D eigenvalue weighted by Gasteiger charge is 2.23. The van der Waals surface area contributed by atoms with Gasteiger partial charge in [0.1, 0.15) is 0 Å². The molecule has 0 amide bonds. The summed E-state index contributed by atoms with van der Waals surface area (Å²) < 4.78 is 5.97. The topological polar surface area (TPSA) is 32.7 Å². The van der Waals surface area contributed by atoms with E-state index in [0.717, 1.165) is 38.6 Å². The fourth-order valence-electron chi connectivity index (χ4n) is 2.88. The molecule has 2 unspecified atom stereocenters. The van der Waals surface area contributed by atoms with Crippen LogP contribution in [-0.2, 0) is 4.74 Å². The van der Waals surface area contributed by atoms with Crippen molar-refractivity contribution in [3.05, 3.63) is 0 Å². The largest absolute Gasteiger partial charge is 0.392 e. The summed E-state index contributed by atoms with van der Waals surface area (Å²) in [6.07, 6.45) is 6.59. The van der Waals surface area contributed by atoms with Gasteiger partial charge in [0.05, 0.1) is 18.8 Å². The van der Waals surface area contributed by atoms with Crippen LogP contribution in [0.15, 0.2) is 0 Å². The molecule has 1 aliphatic heterocycles. The van der Waals surface area contributed by atoms with Gasteiger partial charge < -0.3 is 9.84 Å². The maximum Gasteiger partial charge on any atom is 0.0679 e. The molecule has 16 heavy (non-hydrogen) atoms. The molecule has 3 heteroatoms. The van der Waals surface area contributed by atoms with E-state index < -0.39 is 0 Å². The van der Waals surface area contributed by atoms with E-state index in [4.69, 9.17) is 4.74 Å². The van der Waals surface area contributed by atoms with Gasteiger partial charge in [-0.2, -0.15) is 0 Å². The van der Waals surface area contributed by atoms with Crippen LogP contribution in [-0.4, -0.2) is 48.5 Å². The standard InChI is InChI=1S/C13H25NO2/c1-11-4-2-3-5-13(11)16-9-8-14-7-6-12(15)10-14/h11-13,15H,2-10H2,1H3/t11?,12-,13?/m0/s1. The van der Waals surface area contributed by atoms with E-state index in [9.17, 15) is 5.11 Å². The molecule has 2 rings (SSSR count). The summed E-state index contributed by atoms with van der Waals surface area (Å²) >= 11 is 0. The van der Waals surface area contributed by atoms with E-state index in [1.54, 1.807) is 0 Å². The van der Waals surface area contributed by atoms with Gasteiger partial charge in [-0.15, -0.1) is 0 Å². The number of likely N-dealkylation sites (tertiary alicyclic amines) is 1. The van der Waals surface area contributed by atoms with Crippen molar-refractivity contribution in [2.45, 2.75) is 51.2 Å². The fourth-order valence-corrected chi connectivity index (χ4v) is 2.88. The molecule has 1 saturated heterocycles. The minimum atomic E-state index is -0.103. The highest BCUT2D eigenvalue weighted by atomic mass is 16.5. The van der Waals surface area contributed by atoms with Gasteiger partial charge >= 0.3 is 0 Å². The minimum absolute atomic E-state index is 0.103. The number of hydrogen-bond donors (Lipinski definition) is 1. The van der Waals surface area contributed by atoms with Crippen LogP contribution in [0.4, 0.5) is 0 Å². The zero-order valence-electron chi connectivity index (χ0n) is 10.4. The Balaban J connectivity index is 1.60. The van der Waals surface area contributed by atoms with Crippen molar-refractivity contribution in [2.24, 2.45) is 5.92 Å². The molecule has 2 aliphatic rings. The lowest BCUT2D eigenvalue weighted by atomic mass is 9.88. The molecule has 0 aromatic carbocycles. The molecule has 0 aromatic rings. The van der Waals surface area contributed by atoms with Gasteiger partial charge in [0.25, 0.3) is 0 Å². The van der Waals surface area contributed by atoms with Crippen molar-refractivity contribution in [2.75, 3.05) is 26.2 Å².